The quantitative estimate of drug-likeness (QED) is 0.362. The predicted molar refractivity (Wildman–Crippen MR) is 137 cm³/mol. The molecule has 0 bridgehead atoms. The first-order valence-electron chi connectivity index (χ1n) is 12.3. The molecule has 3 heterocycles. The molecule has 1 aromatic carbocycles. The number of halogens is 2. The van der Waals surface area contributed by atoms with Crippen molar-refractivity contribution in [1.82, 2.24) is 15.3 Å². The molecule has 1 aliphatic carbocycles. The average Bonchev–Trinajstić information content (AvgIpc) is 2.89. The lowest BCUT2D eigenvalue weighted by Gasteiger charge is -2.32. The van der Waals surface area contributed by atoms with Crippen LogP contribution < -0.4 is 10.9 Å². The molecule has 0 spiro atoms. The van der Waals surface area contributed by atoms with E-state index in [0.717, 1.165) is 0 Å². The molecule has 0 saturated carbocycles. The lowest BCUT2D eigenvalue weighted by molar-refractivity contribution is -0.172. The zero-order valence-corrected chi connectivity index (χ0v) is 21.8. The Morgan fingerprint density at radius 2 is 2.05 bits per heavy atom. The molecule has 38 heavy (non-hydrogen) atoms. The van der Waals surface area contributed by atoms with Gasteiger partial charge in [-0.05, 0) is 56.4 Å². The number of nitrogens with zero attached hydrogens (tertiary/aromatic N) is 1. The first-order chi connectivity index (χ1) is 17.9. The molecule has 0 fully saturated rings. The summed E-state index contributed by atoms with van der Waals surface area (Å²) in [5, 5.41) is 24.3. The monoisotopic (exact) mass is 543 g/mol. The van der Waals surface area contributed by atoms with Crippen LogP contribution in [-0.2, 0) is 33.0 Å². The van der Waals surface area contributed by atoms with Crippen LogP contribution in [0.1, 0.15) is 61.9 Å². The lowest BCUT2D eigenvalue weighted by atomic mass is 9.84. The van der Waals surface area contributed by atoms with Crippen molar-refractivity contribution in [2.75, 3.05) is 6.61 Å². The van der Waals surface area contributed by atoms with Gasteiger partial charge in [0.15, 0.2) is 5.60 Å². The van der Waals surface area contributed by atoms with Crippen molar-refractivity contribution in [3.8, 4) is 11.4 Å². The van der Waals surface area contributed by atoms with Crippen molar-refractivity contribution in [2.24, 2.45) is 5.41 Å². The average molecular weight is 544 g/mol. The number of carbonyl (C=O) groups is 2. The van der Waals surface area contributed by atoms with Gasteiger partial charge in [0, 0.05) is 17.0 Å². The number of cyclic esters (lactones) is 1. The molecule has 0 saturated heterocycles. The number of aryl methyl sites for hydroxylation is 1. The summed E-state index contributed by atoms with van der Waals surface area (Å²) in [5.74, 6) is -1.85. The van der Waals surface area contributed by atoms with Gasteiger partial charge in [-0.3, -0.25) is 9.59 Å². The molecule has 4 N–H and O–H groups in total. The van der Waals surface area contributed by atoms with Gasteiger partial charge in [0.1, 0.15) is 12.4 Å². The fourth-order valence-electron chi connectivity index (χ4n) is 5.06. The van der Waals surface area contributed by atoms with Gasteiger partial charge in [0.25, 0.3) is 5.56 Å². The molecular formula is C27H27ClFN3O6. The fraction of sp³-hybridized carbons (Fsp3) is 0.407. The number of aromatic amines is 1. The minimum absolute atomic E-state index is 0.0116. The number of aromatic nitrogens is 2. The maximum atomic E-state index is 14.8. The Bertz CT molecular complexity index is 1570. The van der Waals surface area contributed by atoms with Crippen molar-refractivity contribution < 1.29 is 28.9 Å². The molecule has 2 aliphatic rings. The minimum atomic E-state index is -2.00. The number of rotatable bonds is 5. The van der Waals surface area contributed by atoms with Crippen molar-refractivity contribution in [2.45, 2.75) is 58.3 Å². The highest BCUT2D eigenvalue weighted by Crippen LogP contribution is 2.42. The van der Waals surface area contributed by atoms with Crippen molar-refractivity contribution in [3.05, 3.63) is 61.6 Å². The maximum absolute atomic E-state index is 14.8. The van der Waals surface area contributed by atoms with Gasteiger partial charge in [-0.2, -0.15) is 0 Å². The second kappa shape index (κ2) is 9.14. The van der Waals surface area contributed by atoms with Crippen LogP contribution in [0.15, 0.2) is 23.0 Å². The third-order valence-electron chi connectivity index (χ3n) is 7.55. The zero-order chi connectivity index (χ0) is 27.6. The predicted octanol–water partition coefficient (Wildman–Crippen LogP) is 3.16. The number of fused-ring (bicyclic) bond motifs is 1. The van der Waals surface area contributed by atoms with E-state index < -0.39 is 34.4 Å². The number of benzene rings is 1. The topological polar surface area (TPSA) is 142 Å². The summed E-state index contributed by atoms with van der Waals surface area (Å²) in [6, 6.07) is 3.87. The Balaban J connectivity index is 1.72. The van der Waals surface area contributed by atoms with E-state index >= 15 is 0 Å². The largest absolute Gasteiger partial charge is 0.458 e. The van der Waals surface area contributed by atoms with E-state index in [1.807, 2.05) is 0 Å². The zero-order valence-electron chi connectivity index (χ0n) is 21.1. The van der Waals surface area contributed by atoms with E-state index in [9.17, 15) is 29.0 Å². The number of nitrogens with one attached hydrogen (secondary N) is 2. The number of aliphatic hydroxyl groups excluding tert-OH is 1. The summed E-state index contributed by atoms with van der Waals surface area (Å²) in [6.45, 7) is 4.22. The van der Waals surface area contributed by atoms with Gasteiger partial charge >= 0.3 is 5.97 Å². The molecule has 11 heteroatoms. The Kier molecular flexibility index (Phi) is 6.32. The normalized spacial score (nSPS) is 20.7. The van der Waals surface area contributed by atoms with Gasteiger partial charge in [-0.25, -0.2) is 14.2 Å². The highest BCUT2D eigenvalue weighted by molar-refractivity contribution is 6.32. The summed E-state index contributed by atoms with van der Waals surface area (Å²) in [6.07, 6.45) is 0.803. The summed E-state index contributed by atoms with van der Waals surface area (Å²) < 4.78 is 19.8. The highest BCUT2D eigenvalue weighted by Gasteiger charge is 2.44. The number of esters is 1. The summed E-state index contributed by atoms with van der Waals surface area (Å²) in [5.41, 5.74) is -1.39. The molecule has 3 aromatic rings. The summed E-state index contributed by atoms with van der Waals surface area (Å²) in [7, 11) is 0. The number of hydrogen-bond acceptors (Lipinski definition) is 7. The summed E-state index contributed by atoms with van der Waals surface area (Å²) in [4.78, 5) is 45.6. The van der Waals surface area contributed by atoms with E-state index in [-0.39, 0.29) is 58.6 Å². The molecule has 5 rings (SSSR count). The molecule has 1 amide bonds. The van der Waals surface area contributed by atoms with E-state index in [1.165, 1.54) is 12.1 Å². The molecule has 0 unspecified atom stereocenters. The van der Waals surface area contributed by atoms with E-state index in [4.69, 9.17) is 16.3 Å². The Labute approximate surface area is 222 Å². The van der Waals surface area contributed by atoms with Crippen LogP contribution in [-0.4, -0.2) is 38.7 Å². The third kappa shape index (κ3) is 3.98. The lowest BCUT2D eigenvalue weighted by Crippen LogP contribution is -2.43. The molecule has 1 aliphatic heterocycles. The van der Waals surface area contributed by atoms with Gasteiger partial charge in [0.2, 0.25) is 5.91 Å². The number of amides is 1. The van der Waals surface area contributed by atoms with Crippen molar-refractivity contribution >= 4 is 34.4 Å². The van der Waals surface area contributed by atoms with Crippen molar-refractivity contribution in [3.63, 3.8) is 0 Å². The highest BCUT2D eigenvalue weighted by atomic mass is 35.5. The van der Waals surface area contributed by atoms with Gasteiger partial charge in [0.05, 0.1) is 45.6 Å². The van der Waals surface area contributed by atoms with Gasteiger partial charge < -0.3 is 25.3 Å². The third-order valence-corrected chi connectivity index (χ3v) is 7.95. The Morgan fingerprint density at radius 1 is 1.32 bits per heavy atom. The van der Waals surface area contributed by atoms with Crippen LogP contribution in [0.4, 0.5) is 4.39 Å². The van der Waals surface area contributed by atoms with Crippen molar-refractivity contribution in [1.29, 1.82) is 0 Å². The molecule has 2 aromatic heterocycles. The molecule has 2 atom stereocenters. The number of ether oxygens (including phenoxy) is 1. The first-order valence-corrected chi connectivity index (χ1v) is 12.7. The minimum Gasteiger partial charge on any atom is -0.458 e. The second-order valence-corrected chi connectivity index (χ2v) is 10.8. The Morgan fingerprint density at radius 3 is 2.74 bits per heavy atom. The molecule has 0 radical (unpaired) electrons. The second-order valence-electron chi connectivity index (χ2n) is 10.4. The van der Waals surface area contributed by atoms with E-state index in [1.54, 1.807) is 26.8 Å². The Hall–Kier alpha value is -3.34. The molecular weight excluding hydrogens is 517 g/mol. The number of pyridine rings is 2. The van der Waals surface area contributed by atoms with E-state index in [0.29, 0.717) is 29.4 Å². The molecule has 9 nitrogen and oxygen atoms in total. The van der Waals surface area contributed by atoms with Gasteiger partial charge in [-0.15, -0.1) is 0 Å². The maximum Gasteiger partial charge on any atom is 0.343 e. The standard InChI is InChI=1S/C27H27ClFN3O6/c1-4-27(37)15-8-19(31-23(34)14(15)10-38-25(27)36)18-7-13-17(32-24(35)26(2,3)11-33)6-5-12-21(13)20(30-18)9-16(29)22(12)28/h7-9,17,33,37H,4-6,10-11H2,1-3H3,(H,31,34)(H,32,35)/t17-,27-/m0/s1. The fourth-order valence-corrected chi connectivity index (χ4v) is 5.31. The first kappa shape index (κ1) is 26.3. The number of hydrogen-bond donors (Lipinski definition) is 4. The summed E-state index contributed by atoms with van der Waals surface area (Å²) >= 11 is 6.30. The van der Waals surface area contributed by atoms with Crippen LogP contribution in [0.25, 0.3) is 22.3 Å². The number of H-pyrrole nitrogens is 1. The van der Waals surface area contributed by atoms with Crippen LogP contribution in [0.2, 0.25) is 5.02 Å². The van der Waals surface area contributed by atoms with Crippen LogP contribution in [0.3, 0.4) is 0 Å². The number of carbonyl (C=O) groups excluding carboxylic acids is 2. The van der Waals surface area contributed by atoms with Gasteiger partial charge in [-0.1, -0.05) is 18.5 Å². The van der Waals surface area contributed by atoms with Crippen LogP contribution in [0, 0.1) is 11.2 Å². The van der Waals surface area contributed by atoms with Crippen LogP contribution in [0.5, 0.6) is 0 Å². The van der Waals surface area contributed by atoms with E-state index in [2.05, 4.69) is 15.3 Å². The van der Waals surface area contributed by atoms with Crippen LogP contribution >= 0.6 is 11.6 Å². The SMILES string of the molecule is CC[C@@]1(O)C(=O)OCc2c1cc(-c1cc3c4c(c(Cl)c(F)cc4n1)CC[C@@H]3NC(=O)C(C)(C)CO)[nH]c2=O. The molecule has 200 valence electrons. The smallest absolute Gasteiger partial charge is 0.343 e. The number of aliphatic hydroxyl groups is 2.